The molecule has 3 nitrogen and oxygen atoms in total. The van der Waals surface area contributed by atoms with Crippen LogP contribution in [-0.4, -0.2) is 15.8 Å². The third-order valence-electron chi connectivity index (χ3n) is 3.09. The van der Waals surface area contributed by atoms with Crippen molar-refractivity contribution in [1.29, 1.82) is 0 Å². The molecule has 0 aliphatic heterocycles. The van der Waals surface area contributed by atoms with Crippen molar-refractivity contribution in [2.24, 2.45) is 0 Å². The molecule has 0 amide bonds. The molecule has 7 heteroatoms. The zero-order valence-corrected chi connectivity index (χ0v) is 12.1. The van der Waals surface area contributed by atoms with Crippen LogP contribution in [0.5, 0.6) is 0 Å². The van der Waals surface area contributed by atoms with Crippen molar-refractivity contribution >= 4 is 27.3 Å². The summed E-state index contributed by atoms with van der Waals surface area (Å²) in [5.74, 6) is -1.84. The summed E-state index contributed by atoms with van der Waals surface area (Å²) < 4.78 is 39.0. The molecule has 112 valence electrons. The van der Waals surface area contributed by atoms with E-state index in [1.165, 1.54) is 6.07 Å². The van der Waals surface area contributed by atoms with Crippen LogP contribution < -0.4 is 0 Å². The van der Waals surface area contributed by atoms with E-state index in [1.54, 1.807) is 29.6 Å². The molecule has 0 unspecified atom stereocenters. The number of thiophene rings is 1. The standard InChI is InChI=1S/C15H9F3N2OS/c1-8-2-4-9(5-3-8)12(21)11-13-10(6-7-22-13)19-14(20-11)15(16,17)18/h2-7H,1H3. The molecule has 3 aromatic rings. The maximum Gasteiger partial charge on any atom is 0.451 e. The van der Waals surface area contributed by atoms with Gasteiger partial charge >= 0.3 is 6.18 Å². The topological polar surface area (TPSA) is 42.9 Å². The van der Waals surface area contributed by atoms with Gasteiger partial charge in [0.1, 0.15) is 5.69 Å². The van der Waals surface area contributed by atoms with Gasteiger partial charge in [-0.25, -0.2) is 9.97 Å². The number of nitrogens with zero attached hydrogens (tertiary/aromatic N) is 2. The van der Waals surface area contributed by atoms with Gasteiger partial charge in [0, 0.05) is 5.56 Å². The monoisotopic (exact) mass is 322 g/mol. The first-order chi connectivity index (χ1) is 10.4. The summed E-state index contributed by atoms with van der Waals surface area (Å²) in [4.78, 5) is 19.4. The Labute approximate surface area is 127 Å². The molecule has 0 spiro atoms. The molecule has 0 aliphatic rings. The van der Waals surface area contributed by atoms with Gasteiger partial charge in [0.05, 0.1) is 10.2 Å². The summed E-state index contributed by atoms with van der Waals surface area (Å²) in [6.07, 6.45) is -4.70. The lowest BCUT2D eigenvalue weighted by atomic mass is 10.1. The number of aryl methyl sites for hydroxylation is 1. The van der Waals surface area contributed by atoms with Crippen LogP contribution in [0.4, 0.5) is 13.2 Å². The Hall–Kier alpha value is -2.28. The summed E-state index contributed by atoms with van der Waals surface area (Å²) in [5.41, 5.74) is 1.17. The van der Waals surface area contributed by atoms with E-state index in [9.17, 15) is 18.0 Å². The summed E-state index contributed by atoms with van der Waals surface area (Å²) in [5, 5.41) is 1.59. The first-order valence-corrected chi connectivity index (χ1v) is 7.18. The molecular weight excluding hydrogens is 313 g/mol. The first kappa shape index (κ1) is 14.6. The highest BCUT2D eigenvalue weighted by molar-refractivity contribution is 7.17. The summed E-state index contributed by atoms with van der Waals surface area (Å²) in [7, 11) is 0. The van der Waals surface area contributed by atoms with Gasteiger partial charge in [0.2, 0.25) is 11.6 Å². The maximum absolute atomic E-state index is 12.9. The minimum Gasteiger partial charge on any atom is -0.287 e. The van der Waals surface area contributed by atoms with E-state index in [-0.39, 0.29) is 11.2 Å². The van der Waals surface area contributed by atoms with Crippen LogP contribution in [0.1, 0.15) is 27.4 Å². The summed E-state index contributed by atoms with van der Waals surface area (Å²) in [6, 6.07) is 8.05. The van der Waals surface area contributed by atoms with Gasteiger partial charge in [-0.3, -0.25) is 4.79 Å². The summed E-state index contributed by atoms with van der Waals surface area (Å²) >= 11 is 1.15. The van der Waals surface area contributed by atoms with Crippen molar-refractivity contribution in [3.63, 3.8) is 0 Å². The largest absolute Gasteiger partial charge is 0.451 e. The number of halogens is 3. The molecule has 0 N–H and O–H groups in total. The molecular formula is C15H9F3N2OS. The average Bonchev–Trinajstić information content (AvgIpc) is 2.93. The van der Waals surface area contributed by atoms with E-state index >= 15 is 0 Å². The van der Waals surface area contributed by atoms with E-state index in [4.69, 9.17) is 0 Å². The number of alkyl halides is 3. The predicted octanol–water partition coefficient (Wildman–Crippen LogP) is 4.25. The highest BCUT2D eigenvalue weighted by Crippen LogP contribution is 2.31. The highest BCUT2D eigenvalue weighted by Gasteiger charge is 2.36. The third-order valence-corrected chi connectivity index (χ3v) is 4.00. The minimum atomic E-state index is -4.70. The van der Waals surface area contributed by atoms with Crippen molar-refractivity contribution < 1.29 is 18.0 Å². The smallest absolute Gasteiger partial charge is 0.287 e. The van der Waals surface area contributed by atoms with Crippen molar-refractivity contribution in [3.8, 4) is 0 Å². The fraction of sp³-hybridized carbons (Fsp3) is 0.133. The average molecular weight is 322 g/mol. The van der Waals surface area contributed by atoms with Gasteiger partial charge in [-0.15, -0.1) is 11.3 Å². The minimum absolute atomic E-state index is 0.128. The quantitative estimate of drug-likeness (QED) is 0.662. The molecule has 2 heterocycles. The van der Waals surface area contributed by atoms with Crippen molar-refractivity contribution in [1.82, 2.24) is 9.97 Å². The number of hydrogen-bond donors (Lipinski definition) is 0. The van der Waals surface area contributed by atoms with Gasteiger partial charge in [0.25, 0.3) is 0 Å². The second-order valence-corrected chi connectivity index (χ2v) is 5.64. The number of hydrogen-bond acceptors (Lipinski definition) is 4. The molecule has 0 atom stereocenters. The second kappa shape index (κ2) is 5.17. The summed E-state index contributed by atoms with van der Waals surface area (Å²) in [6.45, 7) is 1.86. The highest BCUT2D eigenvalue weighted by atomic mass is 32.1. The Morgan fingerprint density at radius 3 is 2.41 bits per heavy atom. The number of carbonyl (C=O) groups is 1. The Morgan fingerprint density at radius 1 is 1.09 bits per heavy atom. The van der Waals surface area contributed by atoms with Crippen molar-refractivity contribution in [2.45, 2.75) is 13.1 Å². The molecule has 0 bridgehead atoms. The molecule has 0 saturated carbocycles. The fourth-order valence-corrected chi connectivity index (χ4v) is 2.80. The Kier molecular flexibility index (Phi) is 3.44. The number of aromatic nitrogens is 2. The number of ketones is 1. The van der Waals surface area contributed by atoms with Crippen molar-refractivity contribution in [2.75, 3.05) is 0 Å². The van der Waals surface area contributed by atoms with Crippen LogP contribution in [0.25, 0.3) is 10.2 Å². The Morgan fingerprint density at radius 2 is 1.77 bits per heavy atom. The van der Waals surface area contributed by atoms with Crippen LogP contribution in [0.15, 0.2) is 35.7 Å². The molecule has 0 fully saturated rings. The van der Waals surface area contributed by atoms with Crippen LogP contribution in [-0.2, 0) is 6.18 Å². The maximum atomic E-state index is 12.9. The lowest BCUT2D eigenvalue weighted by Crippen LogP contribution is -2.15. The molecule has 3 rings (SSSR count). The van der Waals surface area contributed by atoms with E-state index in [0.717, 1.165) is 16.9 Å². The van der Waals surface area contributed by atoms with Crippen molar-refractivity contribution in [3.05, 3.63) is 58.4 Å². The SMILES string of the molecule is Cc1ccc(C(=O)c2nc(C(F)(F)F)nc3ccsc23)cc1. The van der Waals surface area contributed by atoms with E-state index in [1.807, 2.05) is 6.92 Å². The van der Waals surface area contributed by atoms with Crippen LogP contribution in [0.2, 0.25) is 0 Å². The van der Waals surface area contributed by atoms with Crippen LogP contribution in [0, 0.1) is 6.92 Å². The van der Waals surface area contributed by atoms with Gasteiger partial charge in [-0.05, 0) is 18.4 Å². The Balaban J connectivity index is 2.18. The van der Waals surface area contributed by atoms with Gasteiger partial charge in [0.15, 0.2) is 0 Å². The lowest BCUT2D eigenvalue weighted by Gasteiger charge is -2.08. The molecule has 0 saturated heterocycles. The Bertz CT molecular complexity index is 853. The zero-order chi connectivity index (χ0) is 15.9. The fourth-order valence-electron chi connectivity index (χ4n) is 1.99. The normalized spacial score (nSPS) is 11.8. The molecule has 1 aromatic carbocycles. The first-order valence-electron chi connectivity index (χ1n) is 6.30. The van der Waals surface area contributed by atoms with E-state index < -0.39 is 17.8 Å². The molecule has 22 heavy (non-hydrogen) atoms. The number of carbonyl (C=O) groups excluding carboxylic acids is 1. The van der Waals surface area contributed by atoms with Gasteiger partial charge in [-0.2, -0.15) is 13.2 Å². The molecule has 2 aromatic heterocycles. The molecule has 0 radical (unpaired) electrons. The lowest BCUT2D eigenvalue weighted by molar-refractivity contribution is -0.144. The van der Waals surface area contributed by atoms with Crippen LogP contribution >= 0.6 is 11.3 Å². The van der Waals surface area contributed by atoms with Gasteiger partial charge in [-0.1, -0.05) is 29.8 Å². The van der Waals surface area contributed by atoms with E-state index in [0.29, 0.717) is 10.3 Å². The third kappa shape index (κ3) is 2.59. The van der Waals surface area contributed by atoms with E-state index in [2.05, 4.69) is 9.97 Å². The zero-order valence-electron chi connectivity index (χ0n) is 11.3. The predicted molar refractivity (Wildman–Crippen MR) is 77.0 cm³/mol. The number of fused-ring (bicyclic) bond motifs is 1. The number of benzene rings is 1. The second-order valence-electron chi connectivity index (χ2n) is 4.72. The number of rotatable bonds is 2. The van der Waals surface area contributed by atoms with Gasteiger partial charge < -0.3 is 0 Å². The molecule has 0 aliphatic carbocycles. The van der Waals surface area contributed by atoms with Crippen LogP contribution in [0.3, 0.4) is 0 Å².